The van der Waals surface area contributed by atoms with Crippen LogP contribution in [-0.2, 0) is 4.79 Å². The van der Waals surface area contributed by atoms with Crippen molar-refractivity contribution in [3.63, 3.8) is 0 Å². The molecule has 1 atom stereocenters. The van der Waals surface area contributed by atoms with E-state index in [4.69, 9.17) is 5.11 Å². The van der Waals surface area contributed by atoms with Gasteiger partial charge in [-0.1, -0.05) is 6.92 Å². The van der Waals surface area contributed by atoms with Gasteiger partial charge >= 0.3 is 5.97 Å². The van der Waals surface area contributed by atoms with Crippen LogP contribution >= 0.6 is 45.2 Å². The lowest BCUT2D eigenvalue weighted by Gasteiger charge is -2.10. The number of carbonyl (C=O) groups excluding carboxylic acids is 1. The predicted octanol–water partition coefficient (Wildman–Crippen LogP) is 2.44. The number of halogens is 2. The summed E-state index contributed by atoms with van der Waals surface area (Å²) < 4.78 is 1.46. The minimum absolute atomic E-state index is 0.0511. The van der Waals surface area contributed by atoms with Crippen LogP contribution in [0.2, 0.25) is 0 Å². The molecule has 0 radical (unpaired) electrons. The molecule has 0 aliphatic rings. The predicted molar refractivity (Wildman–Crippen MR) is 87.3 cm³/mol. The summed E-state index contributed by atoms with van der Waals surface area (Å²) >= 11 is 4.02. The third-order valence-electron chi connectivity index (χ3n) is 2.56. The maximum atomic E-state index is 11.9. The van der Waals surface area contributed by atoms with Crippen molar-refractivity contribution < 1.29 is 19.8 Å². The molecule has 1 aromatic rings. The van der Waals surface area contributed by atoms with Gasteiger partial charge < -0.3 is 15.5 Å². The number of aliphatic carboxylic acids is 1. The number of phenolic OH excluding ortho intramolecular Hbond substituents is 1. The zero-order valence-corrected chi connectivity index (χ0v) is 14.4. The van der Waals surface area contributed by atoms with Crippen LogP contribution in [0.25, 0.3) is 0 Å². The van der Waals surface area contributed by atoms with Crippen molar-refractivity contribution in [2.75, 3.05) is 6.54 Å². The lowest BCUT2D eigenvalue weighted by Crippen LogP contribution is -2.27. The standard InChI is InChI=1S/C12H13I2NO4/c1-6(12(18)19)2-3-15-11(17)8-4-7(13)5-9(14)10(8)16/h4-6,16H,2-3H2,1H3,(H,15,17)(H,18,19). The van der Waals surface area contributed by atoms with E-state index in [1.165, 1.54) is 0 Å². The largest absolute Gasteiger partial charge is 0.506 e. The molecule has 1 aromatic carbocycles. The van der Waals surface area contributed by atoms with Gasteiger partial charge in [0.15, 0.2) is 0 Å². The molecule has 0 saturated heterocycles. The van der Waals surface area contributed by atoms with Crippen molar-refractivity contribution in [1.29, 1.82) is 0 Å². The van der Waals surface area contributed by atoms with Crippen molar-refractivity contribution in [2.24, 2.45) is 5.92 Å². The molecular weight excluding hydrogens is 476 g/mol. The Kier molecular flexibility index (Phi) is 6.30. The van der Waals surface area contributed by atoms with Gasteiger partial charge in [-0.15, -0.1) is 0 Å². The molecule has 1 rings (SSSR count). The highest BCUT2D eigenvalue weighted by molar-refractivity contribution is 14.1. The number of nitrogens with one attached hydrogen (secondary N) is 1. The number of phenols is 1. The van der Waals surface area contributed by atoms with Gasteiger partial charge in [-0.25, -0.2) is 0 Å². The molecule has 1 unspecified atom stereocenters. The van der Waals surface area contributed by atoms with Crippen LogP contribution in [0.15, 0.2) is 12.1 Å². The third-order valence-corrected chi connectivity index (χ3v) is 4.00. The van der Waals surface area contributed by atoms with Gasteiger partial charge in [0.25, 0.3) is 5.91 Å². The van der Waals surface area contributed by atoms with E-state index in [0.717, 1.165) is 3.57 Å². The first-order valence-corrected chi connectivity index (χ1v) is 7.67. The second-order valence-corrected chi connectivity index (χ2v) is 6.48. The monoisotopic (exact) mass is 489 g/mol. The summed E-state index contributed by atoms with van der Waals surface area (Å²) in [6, 6.07) is 3.35. The van der Waals surface area contributed by atoms with Crippen LogP contribution in [0.3, 0.4) is 0 Å². The Morgan fingerprint density at radius 3 is 2.58 bits per heavy atom. The molecule has 0 saturated carbocycles. The molecule has 3 N–H and O–H groups in total. The lowest BCUT2D eigenvalue weighted by molar-refractivity contribution is -0.141. The SMILES string of the molecule is CC(CCNC(=O)c1cc(I)cc(I)c1O)C(=O)O. The Morgan fingerprint density at radius 2 is 2.00 bits per heavy atom. The van der Waals surface area contributed by atoms with E-state index in [0.29, 0.717) is 9.99 Å². The molecule has 0 heterocycles. The highest BCUT2D eigenvalue weighted by Gasteiger charge is 2.16. The third kappa shape index (κ3) is 4.79. The minimum Gasteiger partial charge on any atom is -0.506 e. The Bertz CT molecular complexity index is 505. The van der Waals surface area contributed by atoms with Gasteiger partial charge in [-0.3, -0.25) is 9.59 Å². The number of hydrogen-bond acceptors (Lipinski definition) is 3. The first-order chi connectivity index (χ1) is 8.82. The second-order valence-electron chi connectivity index (χ2n) is 4.07. The minimum atomic E-state index is -0.888. The van der Waals surface area contributed by atoms with Crippen LogP contribution in [-0.4, -0.2) is 28.6 Å². The van der Waals surface area contributed by atoms with Gasteiger partial charge in [-0.05, 0) is 63.7 Å². The summed E-state index contributed by atoms with van der Waals surface area (Å²) in [4.78, 5) is 22.5. The van der Waals surface area contributed by atoms with Crippen LogP contribution in [0.1, 0.15) is 23.7 Å². The van der Waals surface area contributed by atoms with Gasteiger partial charge in [0.1, 0.15) is 5.75 Å². The summed E-state index contributed by atoms with van der Waals surface area (Å²) in [7, 11) is 0. The molecule has 104 valence electrons. The Balaban J connectivity index is 2.67. The zero-order valence-electron chi connectivity index (χ0n) is 10.1. The van der Waals surface area contributed by atoms with E-state index in [-0.39, 0.29) is 17.9 Å². The molecule has 0 aromatic heterocycles. The van der Waals surface area contributed by atoms with E-state index in [2.05, 4.69) is 27.9 Å². The maximum absolute atomic E-state index is 11.9. The molecule has 1 amide bonds. The molecule has 5 nitrogen and oxygen atoms in total. The van der Waals surface area contributed by atoms with Crippen molar-refractivity contribution in [3.05, 3.63) is 24.8 Å². The van der Waals surface area contributed by atoms with Crippen LogP contribution in [0, 0.1) is 13.1 Å². The maximum Gasteiger partial charge on any atom is 0.306 e. The van der Waals surface area contributed by atoms with Gasteiger partial charge in [0.05, 0.1) is 15.1 Å². The number of amides is 1. The van der Waals surface area contributed by atoms with Gasteiger partial charge in [0, 0.05) is 10.1 Å². The number of aromatic hydroxyl groups is 1. The molecule has 19 heavy (non-hydrogen) atoms. The number of carbonyl (C=O) groups is 2. The fourth-order valence-corrected chi connectivity index (χ4v) is 3.20. The van der Waals surface area contributed by atoms with Crippen LogP contribution < -0.4 is 5.32 Å². The average molecular weight is 489 g/mol. The van der Waals surface area contributed by atoms with E-state index < -0.39 is 17.8 Å². The van der Waals surface area contributed by atoms with E-state index in [1.807, 2.05) is 22.6 Å². The number of carboxylic acids is 1. The van der Waals surface area contributed by atoms with Crippen molar-refractivity contribution in [3.8, 4) is 5.75 Å². The normalized spacial score (nSPS) is 11.9. The molecule has 7 heteroatoms. The van der Waals surface area contributed by atoms with E-state index in [1.54, 1.807) is 19.1 Å². The number of hydrogen-bond donors (Lipinski definition) is 3. The van der Waals surface area contributed by atoms with Crippen molar-refractivity contribution in [1.82, 2.24) is 5.32 Å². The highest BCUT2D eigenvalue weighted by Crippen LogP contribution is 2.26. The molecule has 0 spiro atoms. The quantitative estimate of drug-likeness (QED) is 0.556. The topological polar surface area (TPSA) is 86.6 Å². The van der Waals surface area contributed by atoms with Gasteiger partial charge in [0.2, 0.25) is 0 Å². The molecular formula is C12H13I2NO4. The first kappa shape index (κ1) is 16.5. The summed E-state index contributed by atoms with van der Waals surface area (Å²) in [6.45, 7) is 1.84. The Morgan fingerprint density at radius 1 is 1.37 bits per heavy atom. The Hall–Kier alpha value is -0.580. The van der Waals surface area contributed by atoms with Crippen LogP contribution in [0.5, 0.6) is 5.75 Å². The van der Waals surface area contributed by atoms with E-state index >= 15 is 0 Å². The average Bonchev–Trinajstić information content (AvgIpc) is 2.33. The summed E-state index contributed by atoms with van der Waals surface area (Å²) in [5.41, 5.74) is 0.208. The molecule has 0 aliphatic carbocycles. The molecule has 0 aliphatic heterocycles. The fourth-order valence-electron chi connectivity index (χ4n) is 1.36. The Labute approximate surface area is 138 Å². The fraction of sp³-hybridized carbons (Fsp3) is 0.333. The van der Waals surface area contributed by atoms with Crippen LogP contribution in [0.4, 0.5) is 0 Å². The first-order valence-electron chi connectivity index (χ1n) is 5.52. The number of rotatable bonds is 5. The molecule has 0 bridgehead atoms. The van der Waals surface area contributed by atoms with Gasteiger partial charge in [-0.2, -0.15) is 0 Å². The zero-order chi connectivity index (χ0) is 14.6. The second kappa shape index (κ2) is 7.27. The number of carboxylic acid groups (broad SMARTS) is 1. The van der Waals surface area contributed by atoms with Crippen molar-refractivity contribution >= 4 is 57.1 Å². The summed E-state index contributed by atoms with van der Waals surface area (Å²) in [6.07, 6.45) is 0.350. The lowest BCUT2D eigenvalue weighted by atomic mass is 10.1. The summed E-state index contributed by atoms with van der Waals surface area (Å²) in [5.74, 6) is -1.85. The smallest absolute Gasteiger partial charge is 0.306 e. The van der Waals surface area contributed by atoms with Crippen molar-refractivity contribution in [2.45, 2.75) is 13.3 Å². The highest BCUT2D eigenvalue weighted by atomic mass is 127. The van der Waals surface area contributed by atoms with E-state index in [9.17, 15) is 14.7 Å². The summed E-state index contributed by atoms with van der Waals surface area (Å²) in [5, 5.41) is 21.2. The molecule has 0 fully saturated rings. The number of benzene rings is 1.